The molecule has 0 atom stereocenters. The Labute approximate surface area is 139 Å². The van der Waals surface area contributed by atoms with Gasteiger partial charge in [-0.05, 0) is 24.3 Å². The molecule has 0 radical (unpaired) electrons. The van der Waals surface area contributed by atoms with Crippen LogP contribution >= 0.6 is 46.4 Å². The van der Waals surface area contributed by atoms with Crippen LogP contribution in [0.15, 0.2) is 30.3 Å². The molecule has 0 saturated carbocycles. The van der Waals surface area contributed by atoms with Crippen LogP contribution in [0.3, 0.4) is 0 Å². The Morgan fingerprint density at radius 1 is 0.857 bits per heavy atom. The number of carbonyl (C=O) groups excluding carboxylic acids is 1. The van der Waals surface area contributed by atoms with E-state index in [1.807, 2.05) is 0 Å². The lowest BCUT2D eigenvalue weighted by Crippen LogP contribution is -2.16. The minimum atomic E-state index is -0.433. The molecule has 0 spiro atoms. The van der Waals surface area contributed by atoms with Crippen molar-refractivity contribution < 1.29 is 9.53 Å². The molecule has 3 nitrogen and oxygen atoms in total. The maximum atomic E-state index is 12.4. The number of hydrogen-bond donors (Lipinski definition) is 0. The van der Waals surface area contributed by atoms with E-state index in [0.29, 0.717) is 15.3 Å². The standard InChI is InChI=1S/C14H5Cl4NO2/c15-8-2-1-6(3-9(8)16)13-14(20)7-4-10(17)11(18)5-12(7)19(13)21/h1-5H. The molecule has 2 aromatic carbocycles. The van der Waals surface area contributed by atoms with Crippen LogP contribution in [0.4, 0.5) is 5.69 Å². The Kier molecular flexibility index (Phi) is 3.62. The van der Waals surface area contributed by atoms with Crippen LogP contribution in [0.5, 0.6) is 0 Å². The van der Waals surface area contributed by atoms with Crippen molar-refractivity contribution in [2.24, 2.45) is 0 Å². The molecule has 0 aromatic heterocycles. The summed E-state index contributed by atoms with van der Waals surface area (Å²) in [6, 6.07) is 7.31. The molecule has 3 rings (SSSR count). The second kappa shape index (κ2) is 5.18. The predicted molar refractivity (Wildman–Crippen MR) is 84.7 cm³/mol. The molecule has 0 N–H and O–H groups in total. The second-order valence-corrected chi connectivity index (χ2v) is 6.01. The Morgan fingerprint density at radius 2 is 1.48 bits per heavy atom. The van der Waals surface area contributed by atoms with Gasteiger partial charge in [0, 0.05) is 6.07 Å². The number of rotatable bonds is 1. The van der Waals surface area contributed by atoms with Gasteiger partial charge in [0.15, 0.2) is 0 Å². The summed E-state index contributed by atoms with van der Waals surface area (Å²) in [5.74, 6) is -0.433. The summed E-state index contributed by atoms with van der Waals surface area (Å²) in [6.45, 7) is 0. The van der Waals surface area contributed by atoms with Crippen molar-refractivity contribution in [3.8, 4) is 0 Å². The van der Waals surface area contributed by atoms with Gasteiger partial charge in [0.25, 0.3) is 11.5 Å². The zero-order valence-electron chi connectivity index (χ0n) is 10.2. The van der Waals surface area contributed by atoms with Gasteiger partial charge in [-0.25, -0.2) is 0 Å². The van der Waals surface area contributed by atoms with Crippen LogP contribution in [0.2, 0.25) is 20.1 Å². The number of hydrogen-bond acceptors (Lipinski definition) is 2. The Hall–Kier alpha value is -1.26. The molecule has 1 aliphatic rings. The molecule has 21 heavy (non-hydrogen) atoms. The number of fused-ring (bicyclic) bond motifs is 1. The summed E-state index contributed by atoms with van der Waals surface area (Å²) < 4.78 is 0.527. The smallest absolute Gasteiger partial charge is 0.273 e. The third-order valence-corrected chi connectivity index (χ3v) is 4.57. The maximum Gasteiger partial charge on any atom is 0.273 e. The number of Topliss-reactive ketones (excluding diaryl/α,β-unsaturated/α-hetero) is 1. The van der Waals surface area contributed by atoms with Crippen LogP contribution in [0.25, 0.3) is 0 Å². The SMILES string of the molecule is O=C1C(c2ccc(Cl)c(Cl)c2)=[N+]([O-])c2cc(Cl)c(Cl)cc21. The monoisotopic (exact) mass is 359 g/mol. The number of ketones is 1. The van der Waals surface area contributed by atoms with Crippen LogP contribution in [-0.2, 0) is 0 Å². The maximum absolute atomic E-state index is 12.4. The highest BCUT2D eigenvalue weighted by atomic mass is 35.5. The zero-order valence-corrected chi connectivity index (χ0v) is 13.2. The van der Waals surface area contributed by atoms with Crippen molar-refractivity contribution in [2.75, 3.05) is 0 Å². The van der Waals surface area contributed by atoms with Crippen LogP contribution in [-0.4, -0.2) is 16.2 Å². The number of nitrogens with zero attached hydrogens (tertiary/aromatic N) is 1. The van der Waals surface area contributed by atoms with Crippen molar-refractivity contribution in [1.29, 1.82) is 0 Å². The quantitative estimate of drug-likeness (QED) is 0.522. The molecule has 1 heterocycles. The molecular formula is C14H5Cl4NO2. The molecule has 1 aliphatic heterocycles. The van der Waals surface area contributed by atoms with E-state index in [-0.39, 0.29) is 32.0 Å². The Morgan fingerprint density at radius 3 is 2.14 bits per heavy atom. The van der Waals surface area contributed by atoms with Gasteiger partial charge in [-0.2, -0.15) is 4.74 Å². The average Bonchev–Trinajstić information content (AvgIpc) is 2.66. The number of benzene rings is 2. The summed E-state index contributed by atoms with van der Waals surface area (Å²) in [5, 5.41) is 13.4. The van der Waals surface area contributed by atoms with Gasteiger partial charge in [0.1, 0.15) is 5.56 Å². The van der Waals surface area contributed by atoms with E-state index in [1.54, 1.807) is 6.07 Å². The second-order valence-electron chi connectivity index (χ2n) is 4.38. The average molecular weight is 361 g/mol. The van der Waals surface area contributed by atoms with E-state index in [0.717, 1.165) is 0 Å². The van der Waals surface area contributed by atoms with Crippen LogP contribution in [0.1, 0.15) is 15.9 Å². The van der Waals surface area contributed by atoms with E-state index in [2.05, 4.69) is 0 Å². The molecular weight excluding hydrogens is 356 g/mol. The first-order chi connectivity index (χ1) is 9.90. The number of halogens is 4. The minimum Gasteiger partial charge on any atom is -0.618 e. The van der Waals surface area contributed by atoms with Gasteiger partial charge in [-0.15, -0.1) is 0 Å². The summed E-state index contributed by atoms with van der Waals surface area (Å²) in [7, 11) is 0. The van der Waals surface area contributed by atoms with Crippen LogP contribution < -0.4 is 0 Å². The van der Waals surface area contributed by atoms with Gasteiger partial charge in [-0.1, -0.05) is 46.4 Å². The van der Waals surface area contributed by atoms with Crippen molar-refractivity contribution in [1.82, 2.24) is 0 Å². The molecule has 0 aliphatic carbocycles. The van der Waals surface area contributed by atoms with E-state index < -0.39 is 5.78 Å². The molecule has 0 saturated heterocycles. The fourth-order valence-electron chi connectivity index (χ4n) is 2.12. The number of carbonyl (C=O) groups is 1. The lowest BCUT2D eigenvalue weighted by Gasteiger charge is -2.03. The Bertz CT molecular complexity index is 830. The summed E-state index contributed by atoms with van der Waals surface area (Å²) in [6.07, 6.45) is 0. The third kappa shape index (κ3) is 2.30. The van der Waals surface area contributed by atoms with Crippen molar-refractivity contribution >= 4 is 63.6 Å². The highest BCUT2D eigenvalue weighted by Crippen LogP contribution is 2.35. The predicted octanol–water partition coefficient (Wildman–Crippen LogP) is 5.13. The normalized spacial score (nSPS) is 13.8. The van der Waals surface area contributed by atoms with Gasteiger partial charge in [0.2, 0.25) is 5.69 Å². The van der Waals surface area contributed by atoms with Gasteiger partial charge in [-0.3, -0.25) is 4.79 Å². The summed E-state index contributed by atoms with van der Waals surface area (Å²) in [4.78, 5) is 12.4. The largest absolute Gasteiger partial charge is 0.618 e. The fraction of sp³-hybridized carbons (Fsp3) is 0. The molecule has 0 amide bonds. The van der Waals surface area contributed by atoms with Crippen molar-refractivity contribution in [3.05, 3.63) is 66.8 Å². The Balaban J connectivity index is 2.21. The lowest BCUT2D eigenvalue weighted by molar-refractivity contribution is -0.355. The first kappa shape index (κ1) is 14.7. The first-order valence-corrected chi connectivity index (χ1v) is 7.24. The van der Waals surface area contributed by atoms with Gasteiger partial charge in [0.05, 0.1) is 25.7 Å². The van der Waals surface area contributed by atoms with Crippen LogP contribution in [0, 0.1) is 5.21 Å². The summed E-state index contributed by atoms with van der Waals surface area (Å²) >= 11 is 23.5. The third-order valence-electron chi connectivity index (χ3n) is 3.11. The van der Waals surface area contributed by atoms with Crippen molar-refractivity contribution in [2.45, 2.75) is 0 Å². The molecule has 7 heteroatoms. The highest BCUT2D eigenvalue weighted by Gasteiger charge is 2.37. The van der Waals surface area contributed by atoms with E-state index in [9.17, 15) is 10.0 Å². The summed E-state index contributed by atoms with van der Waals surface area (Å²) in [5.41, 5.74) is 0.714. The lowest BCUT2D eigenvalue weighted by atomic mass is 10.0. The molecule has 106 valence electrons. The first-order valence-electron chi connectivity index (χ1n) is 5.73. The van der Waals surface area contributed by atoms with Gasteiger partial charge >= 0.3 is 0 Å². The highest BCUT2D eigenvalue weighted by molar-refractivity contribution is 6.53. The fourth-order valence-corrected chi connectivity index (χ4v) is 2.74. The molecule has 0 bridgehead atoms. The molecule has 2 aromatic rings. The molecule has 0 fully saturated rings. The topological polar surface area (TPSA) is 43.1 Å². The van der Waals surface area contributed by atoms with E-state index in [1.165, 1.54) is 24.3 Å². The molecule has 0 unspecified atom stereocenters. The van der Waals surface area contributed by atoms with E-state index >= 15 is 0 Å². The minimum absolute atomic E-state index is 0.0399. The van der Waals surface area contributed by atoms with E-state index in [4.69, 9.17) is 46.4 Å². The van der Waals surface area contributed by atoms with Gasteiger partial charge < -0.3 is 5.21 Å². The zero-order chi connectivity index (χ0) is 15.3. The van der Waals surface area contributed by atoms with Crippen molar-refractivity contribution in [3.63, 3.8) is 0 Å².